The normalized spacial score (nSPS) is 25.2. The molecule has 1 fully saturated rings. The van der Waals surface area contributed by atoms with Crippen molar-refractivity contribution in [2.45, 2.75) is 51.4 Å². The number of hydrogen-bond donors (Lipinski definition) is 1. The van der Waals surface area contributed by atoms with Gasteiger partial charge in [0.15, 0.2) is 0 Å². The first-order chi connectivity index (χ1) is 8.53. The molecule has 0 saturated carbocycles. The van der Waals surface area contributed by atoms with Gasteiger partial charge in [0.2, 0.25) is 0 Å². The Balaban J connectivity index is 2.81. The molecule has 0 aromatic heterocycles. The first-order valence-corrected chi connectivity index (χ1v) is 6.84. The Labute approximate surface area is 116 Å². The molecule has 1 unspecified atom stereocenters. The van der Waals surface area contributed by atoms with E-state index in [1.807, 2.05) is 19.0 Å². The molecule has 1 aliphatic rings. The van der Waals surface area contributed by atoms with Crippen LogP contribution in [-0.2, 0) is 9.53 Å². The van der Waals surface area contributed by atoms with Crippen molar-refractivity contribution in [2.75, 3.05) is 33.7 Å². The van der Waals surface area contributed by atoms with Crippen LogP contribution < -0.4 is 0 Å². The zero-order valence-electron chi connectivity index (χ0n) is 13.1. The van der Waals surface area contributed by atoms with Crippen LogP contribution in [0.25, 0.3) is 0 Å². The molecule has 0 aromatic rings. The maximum atomic E-state index is 11.1. The van der Waals surface area contributed by atoms with Gasteiger partial charge in [0, 0.05) is 19.1 Å². The number of hydrogen-bond acceptors (Lipinski definition) is 4. The summed E-state index contributed by atoms with van der Waals surface area (Å²) >= 11 is 0. The highest BCUT2D eigenvalue weighted by molar-refractivity contribution is 5.69. The molecule has 0 amide bonds. The molecule has 1 rings (SSSR count). The summed E-state index contributed by atoms with van der Waals surface area (Å²) in [6.07, 6.45) is 0.862. The zero-order chi connectivity index (χ0) is 14.8. The third-order valence-electron chi connectivity index (χ3n) is 3.64. The van der Waals surface area contributed by atoms with Crippen molar-refractivity contribution >= 4 is 5.97 Å². The summed E-state index contributed by atoms with van der Waals surface area (Å²) in [5.41, 5.74) is -0.506. The van der Waals surface area contributed by atoms with Crippen molar-refractivity contribution in [3.05, 3.63) is 0 Å². The van der Waals surface area contributed by atoms with Crippen molar-refractivity contribution in [1.82, 2.24) is 9.80 Å². The maximum Gasteiger partial charge on any atom is 0.317 e. The Morgan fingerprint density at radius 2 is 1.84 bits per heavy atom. The summed E-state index contributed by atoms with van der Waals surface area (Å²) < 4.78 is 6.07. The predicted octanol–water partition coefficient (Wildman–Crippen LogP) is 1.28. The number of carboxylic acid groups (broad SMARTS) is 1. The average Bonchev–Trinajstić information content (AvgIpc) is 2.40. The van der Waals surface area contributed by atoms with Crippen LogP contribution in [0, 0.1) is 0 Å². The Morgan fingerprint density at radius 1 is 1.26 bits per heavy atom. The molecular formula is C14H28N2O3. The summed E-state index contributed by atoms with van der Waals surface area (Å²) in [5, 5.41) is 9.11. The highest BCUT2D eigenvalue weighted by atomic mass is 16.5. The minimum absolute atomic E-state index is 0.0708. The summed E-state index contributed by atoms with van der Waals surface area (Å²) in [7, 11) is 4.00. The zero-order valence-corrected chi connectivity index (χ0v) is 13.1. The van der Waals surface area contributed by atoms with E-state index in [2.05, 4.69) is 32.6 Å². The number of carboxylic acids is 1. The standard InChI is InChI=1S/C14H28N2O3/c1-13(2)9-11(14(3,4)19-13)16(10-12(17)18)8-7-15(5)6/h11H,7-10H2,1-6H3,(H,17,18). The van der Waals surface area contributed by atoms with Crippen molar-refractivity contribution in [2.24, 2.45) is 0 Å². The van der Waals surface area contributed by atoms with Crippen molar-refractivity contribution < 1.29 is 14.6 Å². The fraction of sp³-hybridized carbons (Fsp3) is 0.929. The number of likely N-dealkylation sites (N-methyl/N-ethyl adjacent to an activating group) is 1. The number of aliphatic carboxylic acids is 1. The summed E-state index contributed by atoms with van der Waals surface area (Å²) in [5.74, 6) is -0.778. The van der Waals surface area contributed by atoms with E-state index >= 15 is 0 Å². The Kier molecular flexibility index (Phi) is 4.98. The molecule has 1 atom stereocenters. The molecule has 1 N–H and O–H groups in total. The summed E-state index contributed by atoms with van der Waals surface area (Å²) in [6, 6.07) is 0.138. The highest BCUT2D eigenvalue weighted by Crippen LogP contribution is 2.39. The lowest BCUT2D eigenvalue weighted by molar-refractivity contribution is -0.140. The smallest absolute Gasteiger partial charge is 0.317 e. The molecule has 5 heteroatoms. The van der Waals surface area contributed by atoms with Crippen LogP contribution >= 0.6 is 0 Å². The van der Waals surface area contributed by atoms with Crippen LogP contribution in [0.15, 0.2) is 0 Å². The van der Waals surface area contributed by atoms with Gasteiger partial charge in [0.1, 0.15) is 0 Å². The Bertz CT molecular complexity index is 327. The SMILES string of the molecule is CN(C)CCN(CC(=O)O)C1CC(C)(C)OC1(C)C. The molecule has 0 bridgehead atoms. The van der Waals surface area contributed by atoms with Gasteiger partial charge in [-0.05, 0) is 48.2 Å². The van der Waals surface area contributed by atoms with Gasteiger partial charge in [-0.2, -0.15) is 0 Å². The summed E-state index contributed by atoms with van der Waals surface area (Å²) in [4.78, 5) is 15.2. The van der Waals surface area contributed by atoms with E-state index in [1.54, 1.807) is 0 Å². The third-order valence-corrected chi connectivity index (χ3v) is 3.64. The minimum Gasteiger partial charge on any atom is -0.480 e. The van der Waals surface area contributed by atoms with E-state index in [0.717, 1.165) is 19.5 Å². The fourth-order valence-corrected chi connectivity index (χ4v) is 2.95. The van der Waals surface area contributed by atoms with Crippen LogP contribution in [0.5, 0.6) is 0 Å². The molecule has 0 aliphatic carbocycles. The van der Waals surface area contributed by atoms with E-state index in [-0.39, 0.29) is 23.8 Å². The molecule has 1 heterocycles. The Morgan fingerprint density at radius 3 is 2.21 bits per heavy atom. The lowest BCUT2D eigenvalue weighted by Gasteiger charge is -2.35. The quantitative estimate of drug-likeness (QED) is 0.789. The van der Waals surface area contributed by atoms with Gasteiger partial charge >= 0.3 is 5.97 Å². The van der Waals surface area contributed by atoms with E-state index in [1.165, 1.54) is 0 Å². The van der Waals surface area contributed by atoms with Gasteiger partial charge in [-0.3, -0.25) is 9.69 Å². The van der Waals surface area contributed by atoms with E-state index in [9.17, 15) is 4.79 Å². The van der Waals surface area contributed by atoms with Crippen LogP contribution in [0.1, 0.15) is 34.1 Å². The lowest BCUT2D eigenvalue weighted by atomic mass is 9.93. The van der Waals surface area contributed by atoms with E-state index in [4.69, 9.17) is 9.84 Å². The topological polar surface area (TPSA) is 53.0 Å². The largest absolute Gasteiger partial charge is 0.480 e. The summed E-state index contributed by atoms with van der Waals surface area (Å²) in [6.45, 7) is 9.90. The molecule has 0 radical (unpaired) electrons. The van der Waals surface area contributed by atoms with Crippen LogP contribution in [0.3, 0.4) is 0 Å². The number of rotatable bonds is 6. The lowest BCUT2D eigenvalue weighted by Crippen LogP contribution is -2.50. The van der Waals surface area contributed by atoms with Gasteiger partial charge < -0.3 is 14.7 Å². The average molecular weight is 272 g/mol. The predicted molar refractivity (Wildman–Crippen MR) is 75.4 cm³/mol. The van der Waals surface area contributed by atoms with Gasteiger partial charge in [0.25, 0.3) is 0 Å². The van der Waals surface area contributed by atoms with Crippen LogP contribution in [-0.4, -0.2) is 71.8 Å². The van der Waals surface area contributed by atoms with Crippen molar-refractivity contribution in [1.29, 1.82) is 0 Å². The number of nitrogens with zero attached hydrogens (tertiary/aromatic N) is 2. The van der Waals surface area contributed by atoms with Crippen LogP contribution in [0.4, 0.5) is 0 Å². The third kappa shape index (κ3) is 4.75. The van der Waals surface area contributed by atoms with Gasteiger partial charge in [-0.1, -0.05) is 0 Å². The second-order valence-electron chi connectivity index (χ2n) is 6.85. The van der Waals surface area contributed by atoms with Gasteiger partial charge in [-0.25, -0.2) is 0 Å². The molecule has 5 nitrogen and oxygen atoms in total. The number of carbonyl (C=O) groups is 1. The molecule has 1 saturated heterocycles. The molecule has 112 valence electrons. The first kappa shape index (κ1) is 16.4. The van der Waals surface area contributed by atoms with Gasteiger partial charge in [-0.15, -0.1) is 0 Å². The van der Waals surface area contributed by atoms with Crippen molar-refractivity contribution in [3.8, 4) is 0 Å². The fourth-order valence-electron chi connectivity index (χ4n) is 2.95. The second-order valence-corrected chi connectivity index (χ2v) is 6.85. The monoisotopic (exact) mass is 272 g/mol. The first-order valence-electron chi connectivity index (χ1n) is 6.84. The van der Waals surface area contributed by atoms with Crippen LogP contribution in [0.2, 0.25) is 0 Å². The molecule has 19 heavy (non-hydrogen) atoms. The number of ether oxygens (including phenoxy) is 1. The van der Waals surface area contributed by atoms with Crippen molar-refractivity contribution in [3.63, 3.8) is 0 Å². The highest BCUT2D eigenvalue weighted by Gasteiger charge is 2.48. The maximum absolute atomic E-state index is 11.1. The Hall–Kier alpha value is -0.650. The molecule has 0 aromatic carbocycles. The van der Waals surface area contributed by atoms with Gasteiger partial charge in [0.05, 0.1) is 17.7 Å². The molecular weight excluding hydrogens is 244 g/mol. The van der Waals surface area contributed by atoms with E-state index < -0.39 is 5.97 Å². The molecule has 1 aliphatic heterocycles. The molecule has 0 spiro atoms. The van der Waals surface area contributed by atoms with E-state index in [0.29, 0.717) is 0 Å². The second kappa shape index (κ2) is 5.77. The minimum atomic E-state index is -0.778.